The molecule has 1 atom stereocenters. The summed E-state index contributed by atoms with van der Waals surface area (Å²) in [4.78, 5) is 19.3. The number of ether oxygens (including phenoxy) is 4. The predicted molar refractivity (Wildman–Crippen MR) is 194 cm³/mol. The fourth-order valence-corrected chi connectivity index (χ4v) is 6.35. The van der Waals surface area contributed by atoms with Gasteiger partial charge in [-0.2, -0.15) is 10.1 Å². The zero-order valence-electron chi connectivity index (χ0n) is 29.0. The van der Waals surface area contributed by atoms with Crippen molar-refractivity contribution in [1.29, 1.82) is 0 Å². The van der Waals surface area contributed by atoms with Gasteiger partial charge in [-0.05, 0) is 86.9 Å². The van der Waals surface area contributed by atoms with E-state index in [-0.39, 0.29) is 12.3 Å². The lowest BCUT2D eigenvalue weighted by Crippen LogP contribution is -2.39. The molecule has 2 aromatic heterocycles. The van der Waals surface area contributed by atoms with Crippen LogP contribution >= 0.6 is 0 Å². The number of hydrogen-bond donors (Lipinski definition) is 0. The highest BCUT2D eigenvalue weighted by molar-refractivity contribution is 5.96. The topological polar surface area (TPSA) is 87.9 Å². The number of aromatic nitrogens is 3. The number of carbonyl (C=O) groups is 1. The van der Waals surface area contributed by atoms with Gasteiger partial charge in [0.1, 0.15) is 24.5 Å². The van der Waals surface area contributed by atoms with E-state index in [1.807, 2.05) is 98.2 Å². The molecule has 9 heteroatoms. The number of pyridine rings is 1. The second-order valence-corrected chi connectivity index (χ2v) is 13.8. The van der Waals surface area contributed by atoms with Gasteiger partial charge in [-0.1, -0.05) is 72.8 Å². The Morgan fingerprint density at radius 3 is 2.30 bits per heavy atom. The van der Waals surface area contributed by atoms with Gasteiger partial charge in [0.2, 0.25) is 11.8 Å². The molecule has 4 heterocycles. The zero-order valence-corrected chi connectivity index (χ0v) is 29.0. The lowest BCUT2D eigenvalue weighted by atomic mass is 9.97. The molecule has 0 aliphatic carbocycles. The van der Waals surface area contributed by atoms with E-state index < -0.39 is 5.60 Å². The molecule has 258 valence electrons. The highest BCUT2D eigenvalue weighted by atomic mass is 16.6. The van der Waals surface area contributed by atoms with Crippen LogP contribution < -0.4 is 9.47 Å². The van der Waals surface area contributed by atoms with Crippen LogP contribution in [-0.2, 0) is 22.7 Å². The lowest BCUT2D eigenvalue weighted by Gasteiger charge is -2.29. The van der Waals surface area contributed by atoms with E-state index >= 15 is 0 Å². The Kier molecular flexibility index (Phi) is 9.85. The van der Waals surface area contributed by atoms with Gasteiger partial charge in [-0.25, -0.2) is 9.48 Å². The first-order chi connectivity index (χ1) is 24.3. The monoisotopic (exact) mass is 672 g/mol. The molecule has 0 bridgehead atoms. The first-order valence-electron chi connectivity index (χ1n) is 17.5. The molecule has 0 spiro atoms. The second kappa shape index (κ2) is 14.8. The van der Waals surface area contributed by atoms with Crippen LogP contribution in [0.1, 0.15) is 69.4 Å². The first kappa shape index (κ1) is 33.4. The number of rotatable bonds is 9. The van der Waals surface area contributed by atoms with Crippen molar-refractivity contribution in [3.63, 3.8) is 0 Å². The minimum atomic E-state index is -0.527. The summed E-state index contributed by atoms with van der Waals surface area (Å²) in [5.41, 5.74) is 6.41. The Bertz CT molecular complexity index is 1960. The number of nitrogens with zero attached hydrogens (tertiary/aromatic N) is 4. The van der Waals surface area contributed by atoms with Crippen LogP contribution in [0.5, 0.6) is 11.8 Å². The van der Waals surface area contributed by atoms with E-state index in [0.717, 1.165) is 64.5 Å². The maximum atomic E-state index is 12.7. The average molecular weight is 673 g/mol. The van der Waals surface area contributed by atoms with Gasteiger partial charge in [-0.3, -0.25) is 0 Å². The summed E-state index contributed by atoms with van der Waals surface area (Å²) in [6.07, 6.45) is 5.41. The van der Waals surface area contributed by atoms with Gasteiger partial charge in [0.05, 0.1) is 11.1 Å². The third-order valence-corrected chi connectivity index (χ3v) is 8.91. The summed E-state index contributed by atoms with van der Waals surface area (Å²) in [6, 6.07) is 30.5. The van der Waals surface area contributed by atoms with E-state index in [9.17, 15) is 4.79 Å². The van der Waals surface area contributed by atoms with E-state index in [1.54, 1.807) is 4.90 Å². The highest BCUT2D eigenvalue weighted by Crippen LogP contribution is 2.39. The molecule has 0 N–H and O–H groups in total. The molecular weight excluding hydrogens is 628 g/mol. The van der Waals surface area contributed by atoms with Crippen molar-refractivity contribution in [3.05, 3.63) is 114 Å². The van der Waals surface area contributed by atoms with Gasteiger partial charge < -0.3 is 23.8 Å². The summed E-state index contributed by atoms with van der Waals surface area (Å²) in [5, 5.41) is 6.20. The maximum absolute atomic E-state index is 12.7. The molecular formula is C41H44N4O5. The van der Waals surface area contributed by atoms with Crippen molar-refractivity contribution in [2.24, 2.45) is 0 Å². The number of hydrogen-bond acceptors (Lipinski definition) is 7. The Morgan fingerprint density at radius 2 is 1.64 bits per heavy atom. The van der Waals surface area contributed by atoms with Gasteiger partial charge in [-0.15, -0.1) is 0 Å². The SMILES string of the molecule is CC(C)(C)OC(=O)N1CC=C(c2ccc3c(-c4ccc(OCc5ccccc5)nc4OCc4ccccc4)nn(C4CCCCO4)c3c2)CC1. The summed E-state index contributed by atoms with van der Waals surface area (Å²) >= 11 is 0. The summed E-state index contributed by atoms with van der Waals surface area (Å²) in [7, 11) is 0. The summed E-state index contributed by atoms with van der Waals surface area (Å²) < 4.78 is 26.5. The molecule has 1 fully saturated rings. The minimum Gasteiger partial charge on any atom is -0.473 e. The van der Waals surface area contributed by atoms with Crippen molar-refractivity contribution in [2.45, 2.75) is 71.5 Å². The molecule has 0 saturated carbocycles. The predicted octanol–water partition coefficient (Wildman–Crippen LogP) is 8.98. The van der Waals surface area contributed by atoms with Gasteiger partial charge >= 0.3 is 6.09 Å². The van der Waals surface area contributed by atoms with Crippen molar-refractivity contribution in [3.8, 4) is 23.0 Å². The normalized spacial score (nSPS) is 16.6. The molecule has 3 aromatic carbocycles. The van der Waals surface area contributed by atoms with E-state index in [4.69, 9.17) is 29.0 Å². The van der Waals surface area contributed by atoms with Gasteiger partial charge in [0.15, 0.2) is 6.23 Å². The van der Waals surface area contributed by atoms with Crippen molar-refractivity contribution in [2.75, 3.05) is 19.7 Å². The first-order valence-corrected chi connectivity index (χ1v) is 17.5. The van der Waals surface area contributed by atoms with Gasteiger partial charge in [0.25, 0.3) is 0 Å². The standard InChI is InChI=1S/C41H44N4O5/c1-41(2,3)50-40(46)44-23-21-31(22-24-44)32-17-18-33-35(26-32)45(37-16-10-11-25-47-37)43-38(33)34-19-20-36(48-27-29-12-6-4-7-13-29)42-39(34)49-28-30-14-8-5-9-15-30/h4-9,12-15,17-21,26,37H,10-11,16,22-25,27-28H2,1-3H3. The fourth-order valence-electron chi connectivity index (χ4n) is 6.35. The molecule has 0 radical (unpaired) electrons. The van der Waals surface area contributed by atoms with Gasteiger partial charge in [0, 0.05) is 31.1 Å². The molecule has 50 heavy (non-hydrogen) atoms. The van der Waals surface area contributed by atoms with E-state index in [2.05, 4.69) is 24.3 Å². The molecule has 2 aliphatic heterocycles. The van der Waals surface area contributed by atoms with Crippen LogP contribution in [0.3, 0.4) is 0 Å². The zero-order chi connectivity index (χ0) is 34.5. The van der Waals surface area contributed by atoms with Crippen LogP contribution in [0, 0.1) is 0 Å². The lowest BCUT2D eigenvalue weighted by molar-refractivity contribution is -0.0365. The number of amides is 1. The molecule has 1 amide bonds. The van der Waals surface area contributed by atoms with E-state index in [0.29, 0.717) is 44.7 Å². The van der Waals surface area contributed by atoms with Crippen LogP contribution in [0.15, 0.2) is 97.1 Å². The Balaban J connectivity index is 1.23. The Hall–Kier alpha value is -5.15. The third kappa shape index (κ3) is 7.84. The van der Waals surface area contributed by atoms with Crippen LogP contribution in [0.2, 0.25) is 0 Å². The van der Waals surface area contributed by atoms with Crippen LogP contribution in [0.4, 0.5) is 4.79 Å². The summed E-state index contributed by atoms with van der Waals surface area (Å²) in [5.74, 6) is 0.934. The maximum Gasteiger partial charge on any atom is 0.410 e. The second-order valence-electron chi connectivity index (χ2n) is 13.8. The fraction of sp³-hybridized carbons (Fsp3) is 0.341. The van der Waals surface area contributed by atoms with Crippen LogP contribution in [-0.4, -0.2) is 51.1 Å². The molecule has 1 saturated heterocycles. The number of carbonyl (C=O) groups excluding carboxylic acids is 1. The quantitative estimate of drug-likeness (QED) is 0.154. The highest BCUT2D eigenvalue weighted by Gasteiger charge is 2.27. The molecule has 7 rings (SSSR count). The molecule has 9 nitrogen and oxygen atoms in total. The number of benzene rings is 3. The minimum absolute atomic E-state index is 0.173. The van der Waals surface area contributed by atoms with Crippen molar-refractivity contribution in [1.82, 2.24) is 19.7 Å². The van der Waals surface area contributed by atoms with E-state index in [1.165, 1.54) is 5.57 Å². The molecule has 1 unspecified atom stereocenters. The third-order valence-electron chi connectivity index (χ3n) is 8.91. The van der Waals surface area contributed by atoms with Crippen LogP contribution in [0.25, 0.3) is 27.7 Å². The molecule has 5 aromatic rings. The van der Waals surface area contributed by atoms with Crippen molar-refractivity contribution < 1.29 is 23.7 Å². The Labute approximate surface area is 293 Å². The number of fused-ring (bicyclic) bond motifs is 1. The van der Waals surface area contributed by atoms with Crippen molar-refractivity contribution >= 4 is 22.6 Å². The summed E-state index contributed by atoms with van der Waals surface area (Å²) in [6.45, 7) is 8.23. The average Bonchev–Trinajstić information content (AvgIpc) is 3.52. The smallest absolute Gasteiger partial charge is 0.410 e. The Morgan fingerprint density at radius 1 is 0.900 bits per heavy atom. The largest absolute Gasteiger partial charge is 0.473 e. The molecule has 2 aliphatic rings.